The van der Waals surface area contributed by atoms with Crippen LogP contribution < -0.4 is 9.64 Å². The van der Waals surface area contributed by atoms with Gasteiger partial charge < -0.3 is 19.4 Å². The Morgan fingerprint density at radius 3 is 2.78 bits per heavy atom. The average Bonchev–Trinajstić information content (AvgIpc) is 3.03. The Morgan fingerprint density at radius 2 is 2.15 bits per heavy atom. The molecule has 0 radical (unpaired) electrons. The first-order chi connectivity index (χ1) is 12.8. The number of pyridine rings is 1. The van der Waals surface area contributed by atoms with Crippen molar-refractivity contribution in [3.63, 3.8) is 0 Å². The van der Waals surface area contributed by atoms with E-state index in [0.29, 0.717) is 38.0 Å². The van der Waals surface area contributed by atoms with E-state index in [9.17, 15) is 13.6 Å². The quantitative estimate of drug-likeness (QED) is 0.579. The molecule has 0 aromatic carbocycles. The molecule has 2 aliphatic rings. The summed E-state index contributed by atoms with van der Waals surface area (Å²) >= 11 is 0. The zero-order valence-corrected chi connectivity index (χ0v) is 15.8. The summed E-state index contributed by atoms with van der Waals surface area (Å²) in [7, 11) is 2.06. The number of rotatable bonds is 5. The Kier molecular flexibility index (Phi) is 5.94. The maximum absolute atomic E-state index is 14.0. The number of anilines is 1. The summed E-state index contributed by atoms with van der Waals surface area (Å²) in [5.74, 6) is -2.00. The van der Waals surface area contributed by atoms with Gasteiger partial charge in [0.25, 0.3) is 5.91 Å². The number of hydrogen-bond acceptors (Lipinski definition) is 5. The van der Waals surface area contributed by atoms with Gasteiger partial charge in [0.1, 0.15) is 6.61 Å². The van der Waals surface area contributed by atoms with E-state index in [1.165, 1.54) is 11.0 Å². The van der Waals surface area contributed by atoms with Crippen LogP contribution in [0.25, 0.3) is 0 Å². The van der Waals surface area contributed by atoms with Crippen molar-refractivity contribution >= 4 is 11.6 Å². The van der Waals surface area contributed by atoms with Crippen molar-refractivity contribution in [1.29, 1.82) is 0 Å². The zero-order valence-electron chi connectivity index (χ0n) is 15.8. The normalized spacial score (nSPS) is 23.6. The van der Waals surface area contributed by atoms with E-state index in [-0.39, 0.29) is 11.9 Å². The molecule has 0 bridgehead atoms. The molecule has 148 valence electrons. The van der Waals surface area contributed by atoms with Crippen LogP contribution in [0.4, 0.5) is 14.5 Å². The zero-order chi connectivity index (χ0) is 19.6. The fourth-order valence-corrected chi connectivity index (χ4v) is 3.77. The van der Waals surface area contributed by atoms with Crippen LogP contribution >= 0.6 is 0 Å². The van der Waals surface area contributed by atoms with Gasteiger partial charge in [-0.15, -0.1) is 0 Å². The lowest BCUT2D eigenvalue weighted by Crippen LogP contribution is -2.53. The van der Waals surface area contributed by atoms with Crippen molar-refractivity contribution in [2.45, 2.75) is 31.8 Å². The summed E-state index contributed by atoms with van der Waals surface area (Å²) in [6, 6.07) is 3.30. The minimum Gasteiger partial charge on any atom is -0.476 e. The van der Waals surface area contributed by atoms with Crippen molar-refractivity contribution < 1.29 is 18.3 Å². The molecule has 0 aliphatic carbocycles. The Hall–Kier alpha value is -2.22. The molecule has 2 saturated heterocycles. The van der Waals surface area contributed by atoms with Crippen LogP contribution in [0.15, 0.2) is 24.5 Å². The number of aromatic nitrogens is 1. The monoisotopic (exact) mass is 380 g/mol. The van der Waals surface area contributed by atoms with Gasteiger partial charge in [-0.1, -0.05) is 6.58 Å². The van der Waals surface area contributed by atoms with Gasteiger partial charge in [-0.3, -0.25) is 4.79 Å². The smallest absolute Gasteiger partial charge is 0.282 e. The summed E-state index contributed by atoms with van der Waals surface area (Å²) in [4.78, 5) is 21.3. The number of nitrogens with zero attached hydrogens (tertiary/aromatic N) is 4. The van der Waals surface area contributed by atoms with Crippen molar-refractivity contribution in [3.05, 3.63) is 30.5 Å². The molecule has 1 aromatic heterocycles. The van der Waals surface area contributed by atoms with Gasteiger partial charge in [-0.25, -0.2) is 4.39 Å². The third kappa shape index (κ3) is 4.55. The first-order valence-electron chi connectivity index (χ1n) is 9.26. The molecule has 2 fully saturated rings. The standard InChI is InChI=1S/C19H26F2N4O2/c1-13-11-24(19(26)14(2)20)7-8-25(13)16-9-17(21)22-18(10-16)27-12-15-5-4-6-23(15)3/h9-10,13,15H,2,4-8,11-12H2,1,3H3/t13-,15-/m0/s1. The van der Waals surface area contributed by atoms with Crippen molar-refractivity contribution in [2.75, 3.05) is 44.7 Å². The Labute approximate surface area is 158 Å². The summed E-state index contributed by atoms with van der Waals surface area (Å²) in [5, 5.41) is 0. The van der Waals surface area contributed by atoms with Gasteiger partial charge in [0, 0.05) is 49.5 Å². The molecule has 3 rings (SSSR count). The second-order valence-corrected chi connectivity index (χ2v) is 7.27. The topological polar surface area (TPSA) is 48.9 Å². The predicted molar refractivity (Wildman–Crippen MR) is 99.0 cm³/mol. The summed E-state index contributed by atoms with van der Waals surface area (Å²) in [6.45, 7) is 7.65. The van der Waals surface area contributed by atoms with Crippen LogP contribution in [0.1, 0.15) is 19.8 Å². The highest BCUT2D eigenvalue weighted by Crippen LogP contribution is 2.26. The van der Waals surface area contributed by atoms with E-state index >= 15 is 0 Å². The Balaban J connectivity index is 1.67. The SMILES string of the molecule is C=C(F)C(=O)N1CCN(c2cc(F)nc(OC[C@@H]3CCCN3C)c2)[C@@H](C)C1. The molecule has 27 heavy (non-hydrogen) atoms. The molecular weight excluding hydrogens is 354 g/mol. The average molecular weight is 380 g/mol. The molecule has 0 unspecified atom stereocenters. The van der Waals surface area contributed by atoms with Crippen molar-refractivity contribution in [2.24, 2.45) is 0 Å². The predicted octanol–water partition coefficient (Wildman–Crippen LogP) is 2.21. The highest BCUT2D eigenvalue weighted by atomic mass is 19.1. The summed E-state index contributed by atoms with van der Waals surface area (Å²) in [6.07, 6.45) is 2.20. The van der Waals surface area contributed by atoms with Crippen LogP contribution in [0.3, 0.4) is 0 Å². The van der Waals surface area contributed by atoms with Gasteiger partial charge in [0.05, 0.1) is 0 Å². The van der Waals surface area contributed by atoms with E-state index in [0.717, 1.165) is 19.4 Å². The third-order valence-electron chi connectivity index (χ3n) is 5.33. The highest BCUT2D eigenvalue weighted by Gasteiger charge is 2.29. The van der Waals surface area contributed by atoms with Crippen LogP contribution in [0.5, 0.6) is 5.88 Å². The molecule has 3 heterocycles. The maximum atomic E-state index is 14.0. The number of carbonyl (C=O) groups excluding carboxylic acids is 1. The highest BCUT2D eigenvalue weighted by molar-refractivity contribution is 5.90. The molecule has 2 aliphatic heterocycles. The van der Waals surface area contributed by atoms with E-state index < -0.39 is 17.7 Å². The fourth-order valence-electron chi connectivity index (χ4n) is 3.77. The number of ether oxygens (including phenoxy) is 1. The second kappa shape index (κ2) is 8.21. The minimum absolute atomic E-state index is 0.0994. The van der Waals surface area contributed by atoms with E-state index in [1.807, 2.05) is 11.8 Å². The van der Waals surface area contributed by atoms with Gasteiger partial charge in [0.15, 0.2) is 5.83 Å². The second-order valence-electron chi connectivity index (χ2n) is 7.27. The molecule has 1 amide bonds. The molecule has 6 nitrogen and oxygen atoms in total. The molecule has 0 spiro atoms. The lowest BCUT2D eigenvalue weighted by atomic mass is 10.1. The number of carbonyl (C=O) groups is 1. The molecule has 2 atom stereocenters. The number of halogens is 2. The Morgan fingerprint density at radius 1 is 1.37 bits per heavy atom. The molecule has 0 N–H and O–H groups in total. The van der Waals surface area contributed by atoms with Crippen molar-refractivity contribution in [3.8, 4) is 5.88 Å². The lowest BCUT2D eigenvalue weighted by Gasteiger charge is -2.41. The van der Waals surface area contributed by atoms with Crippen molar-refractivity contribution in [1.82, 2.24) is 14.8 Å². The van der Waals surface area contributed by atoms with Crippen LogP contribution in [0.2, 0.25) is 0 Å². The number of likely N-dealkylation sites (tertiary alicyclic amines) is 1. The maximum Gasteiger partial charge on any atom is 0.282 e. The summed E-state index contributed by atoms with van der Waals surface area (Å²) < 4.78 is 32.9. The number of hydrogen-bond donors (Lipinski definition) is 0. The van der Waals surface area contributed by atoms with Gasteiger partial charge >= 0.3 is 0 Å². The lowest BCUT2D eigenvalue weighted by molar-refractivity contribution is -0.129. The third-order valence-corrected chi connectivity index (χ3v) is 5.33. The van der Waals surface area contributed by atoms with Crippen LogP contribution in [0, 0.1) is 5.95 Å². The van der Waals surface area contributed by atoms with Crippen LogP contribution in [-0.2, 0) is 4.79 Å². The molecule has 1 aromatic rings. The van der Waals surface area contributed by atoms with E-state index in [2.05, 4.69) is 23.5 Å². The molecule has 0 saturated carbocycles. The summed E-state index contributed by atoms with van der Waals surface area (Å²) in [5.41, 5.74) is 0.649. The minimum atomic E-state index is -0.960. The number of likely N-dealkylation sites (N-methyl/N-ethyl adjacent to an activating group) is 1. The molecular formula is C19H26F2N4O2. The largest absolute Gasteiger partial charge is 0.476 e. The number of piperazine rings is 1. The van der Waals surface area contributed by atoms with E-state index in [4.69, 9.17) is 4.74 Å². The Bertz CT molecular complexity index is 715. The number of amides is 1. The molecule has 8 heteroatoms. The first-order valence-corrected chi connectivity index (χ1v) is 9.26. The first kappa shape index (κ1) is 19.5. The fraction of sp³-hybridized carbons (Fsp3) is 0.579. The van der Waals surface area contributed by atoms with Crippen LogP contribution in [-0.4, -0.2) is 72.6 Å². The van der Waals surface area contributed by atoms with Gasteiger partial charge in [-0.05, 0) is 33.4 Å². The van der Waals surface area contributed by atoms with Gasteiger partial charge in [-0.2, -0.15) is 9.37 Å². The van der Waals surface area contributed by atoms with E-state index in [1.54, 1.807) is 6.07 Å². The van der Waals surface area contributed by atoms with Gasteiger partial charge in [0.2, 0.25) is 11.8 Å².